The lowest BCUT2D eigenvalue weighted by Crippen LogP contribution is -2.43. The molecule has 0 radical (unpaired) electrons. The van der Waals surface area contributed by atoms with Crippen molar-refractivity contribution in [1.82, 2.24) is 0 Å². The first-order chi connectivity index (χ1) is 12.4. The van der Waals surface area contributed by atoms with Crippen LogP contribution in [0, 0.1) is 5.92 Å². The second-order valence-corrected chi connectivity index (χ2v) is 13.9. The van der Waals surface area contributed by atoms with Crippen molar-refractivity contribution in [2.24, 2.45) is 5.92 Å². The number of hydrogen-bond donors (Lipinski definition) is 0. The highest BCUT2D eigenvalue weighted by Gasteiger charge is 2.53. The van der Waals surface area contributed by atoms with Crippen LogP contribution in [0.2, 0.25) is 13.1 Å². The van der Waals surface area contributed by atoms with Crippen LogP contribution in [0.1, 0.15) is 54.5 Å². The van der Waals surface area contributed by atoms with Crippen LogP contribution >= 0.6 is 0 Å². The molecule has 2 aliphatic rings. The zero-order valence-corrected chi connectivity index (χ0v) is 17.8. The molecule has 0 amide bonds. The molecule has 3 nitrogen and oxygen atoms in total. The van der Waals surface area contributed by atoms with Gasteiger partial charge in [-0.25, -0.2) is 0 Å². The van der Waals surface area contributed by atoms with E-state index in [1.54, 1.807) is 13.1 Å². The van der Waals surface area contributed by atoms with E-state index in [1.165, 1.54) is 11.1 Å². The molecule has 0 aromatic heterocycles. The third kappa shape index (κ3) is 3.63. The van der Waals surface area contributed by atoms with Crippen molar-refractivity contribution in [1.29, 1.82) is 0 Å². The molecule has 0 N–H and O–H groups in total. The molecule has 27 heavy (non-hydrogen) atoms. The summed E-state index contributed by atoms with van der Waals surface area (Å²) in [5.41, 5.74) is -0.211. The third-order valence-electron chi connectivity index (χ3n) is 5.76. The highest BCUT2D eigenvalue weighted by Crippen LogP contribution is 2.47. The summed E-state index contributed by atoms with van der Waals surface area (Å²) >= 11 is 0. The number of hydrogen-bond acceptors (Lipinski definition) is 3. The van der Waals surface area contributed by atoms with Gasteiger partial charge in [0.15, 0.2) is 0 Å². The fourth-order valence-corrected chi connectivity index (χ4v) is 8.74. The molecule has 8 heteroatoms. The van der Waals surface area contributed by atoms with Gasteiger partial charge in [-0.2, -0.15) is 21.6 Å². The second kappa shape index (κ2) is 6.74. The highest BCUT2D eigenvalue weighted by molar-refractivity contribution is 7.88. The minimum absolute atomic E-state index is 0.247. The Labute approximate surface area is 159 Å². The van der Waals surface area contributed by atoms with E-state index in [-0.39, 0.29) is 5.92 Å². The molecular weight excluding hydrogens is 393 g/mol. The lowest BCUT2D eigenvalue weighted by atomic mass is 9.91. The van der Waals surface area contributed by atoms with Gasteiger partial charge >= 0.3 is 15.6 Å². The molecule has 0 heterocycles. The molecule has 1 aromatic carbocycles. The fraction of sp³-hybridized carbons (Fsp3) is 0.579. The van der Waals surface area contributed by atoms with Crippen LogP contribution in [0.4, 0.5) is 13.2 Å². The Morgan fingerprint density at radius 3 is 2.37 bits per heavy atom. The Hall–Kier alpha value is -1.12. The minimum Gasteiger partial charge on any atom is -0.307 e. The van der Waals surface area contributed by atoms with E-state index in [0.717, 1.165) is 42.4 Å². The van der Waals surface area contributed by atoms with Crippen molar-refractivity contribution < 1.29 is 25.5 Å². The summed E-state index contributed by atoms with van der Waals surface area (Å²) in [5.74, 6) is 0.247. The highest BCUT2D eigenvalue weighted by atomic mass is 32.2. The molecule has 0 saturated carbocycles. The number of fused-ring (bicyclic) bond motifs is 2. The van der Waals surface area contributed by atoms with E-state index in [1.807, 2.05) is 6.08 Å². The van der Waals surface area contributed by atoms with E-state index in [0.29, 0.717) is 0 Å². The van der Waals surface area contributed by atoms with Crippen molar-refractivity contribution in [3.63, 3.8) is 0 Å². The van der Waals surface area contributed by atoms with Crippen LogP contribution in [0.5, 0.6) is 0 Å². The van der Waals surface area contributed by atoms with Crippen LogP contribution in [0.25, 0.3) is 5.57 Å². The Morgan fingerprint density at radius 2 is 1.81 bits per heavy atom. The van der Waals surface area contributed by atoms with Crippen LogP contribution < -0.4 is 0 Å². The van der Waals surface area contributed by atoms with Crippen molar-refractivity contribution >= 4 is 24.0 Å². The van der Waals surface area contributed by atoms with E-state index in [4.69, 9.17) is 3.87 Å². The molecule has 2 unspecified atom stereocenters. The zero-order chi connectivity index (χ0) is 20.2. The molecule has 0 fully saturated rings. The van der Waals surface area contributed by atoms with Crippen molar-refractivity contribution in [2.45, 2.75) is 63.7 Å². The molecule has 0 bridgehead atoms. The van der Waals surface area contributed by atoms with Crippen LogP contribution in [0.15, 0.2) is 18.2 Å². The Balaban J connectivity index is 2.07. The van der Waals surface area contributed by atoms with Gasteiger partial charge in [0.05, 0.1) is 0 Å². The maximum Gasteiger partial charge on any atom is 0.522 e. The van der Waals surface area contributed by atoms with Crippen LogP contribution in [-0.2, 0) is 26.8 Å². The largest absolute Gasteiger partial charge is 0.522 e. The number of allylic oxidation sites excluding steroid dienone is 2. The first-order valence-corrected chi connectivity index (χ1v) is 13.7. The van der Waals surface area contributed by atoms with Crippen molar-refractivity contribution in [3.8, 4) is 0 Å². The first-order valence-electron chi connectivity index (χ1n) is 9.27. The monoisotopic (exact) mass is 418 g/mol. The smallest absolute Gasteiger partial charge is 0.307 e. The summed E-state index contributed by atoms with van der Waals surface area (Å²) in [4.78, 5) is 0. The average Bonchev–Trinajstić information content (AvgIpc) is 3.13. The summed E-state index contributed by atoms with van der Waals surface area (Å²) in [6.07, 6.45) is 5.91. The topological polar surface area (TPSA) is 43.4 Å². The van der Waals surface area contributed by atoms with Crippen molar-refractivity contribution in [3.05, 3.63) is 40.5 Å². The SMILES string of the molecule is CCC(C)C1=CC([Si](C)(C)OS(=O)(=O)C(F)(F)F)c2cc3c(cc21)CCC3. The van der Waals surface area contributed by atoms with Gasteiger partial charge in [-0.1, -0.05) is 32.1 Å². The quantitative estimate of drug-likeness (QED) is 0.481. The molecule has 2 atom stereocenters. The fourth-order valence-electron chi connectivity index (χ4n) is 4.12. The molecule has 3 rings (SSSR count). The van der Waals surface area contributed by atoms with Crippen LogP contribution in [-0.4, -0.2) is 22.2 Å². The summed E-state index contributed by atoms with van der Waals surface area (Å²) < 4.78 is 66.8. The predicted octanol–water partition coefficient (Wildman–Crippen LogP) is 5.31. The molecular formula is C19H25F3O3SSi. The number of alkyl halides is 3. The average molecular weight is 419 g/mol. The summed E-state index contributed by atoms with van der Waals surface area (Å²) in [5, 5.41) is 0. The Bertz CT molecular complexity index is 888. The van der Waals surface area contributed by atoms with Gasteiger partial charge in [-0.3, -0.25) is 0 Å². The van der Waals surface area contributed by atoms with Gasteiger partial charge < -0.3 is 3.87 Å². The molecule has 1 aromatic rings. The van der Waals surface area contributed by atoms with E-state index in [2.05, 4.69) is 26.0 Å². The van der Waals surface area contributed by atoms with Gasteiger partial charge in [0, 0.05) is 5.54 Å². The van der Waals surface area contributed by atoms with Gasteiger partial charge in [-0.15, -0.1) is 0 Å². The lowest BCUT2D eigenvalue weighted by molar-refractivity contribution is -0.0504. The van der Waals surface area contributed by atoms with Gasteiger partial charge in [0.1, 0.15) is 0 Å². The zero-order valence-electron chi connectivity index (χ0n) is 16.0. The van der Waals surface area contributed by atoms with Crippen molar-refractivity contribution in [2.75, 3.05) is 0 Å². The summed E-state index contributed by atoms with van der Waals surface area (Å²) in [7, 11) is -8.90. The summed E-state index contributed by atoms with van der Waals surface area (Å²) in [6, 6.07) is 4.24. The number of benzene rings is 1. The van der Waals surface area contributed by atoms with E-state index >= 15 is 0 Å². The lowest BCUT2D eigenvalue weighted by Gasteiger charge is -2.29. The Morgan fingerprint density at radius 1 is 1.22 bits per heavy atom. The van der Waals surface area contributed by atoms with E-state index < -0.39 is 29.5 Å². The second-order valence-electron chi connectivity index (χ2n) is 8.06. The number of rotatable bonds is 5. The van der Waals surface area contributed by atoms with Crippen LogP contribution in [0.3, 0.4) is 0 Å². The Kier molecular flexibility index (Phi) is 5.14. The number of aryl methyl sites for hydroxylation is 2. The molecule has 2 aliphatic carbocycles. The normalized spacial score (nSPS) is 21.0. The molecule has 150 valence electrons. The van der Waals surface area contributed by atoms with Gasteiger partial charge in [0.25, 0.3) is 0 Å². The summed E-state index contributed by atoms with van der Waals surface area (Å²) in [6.45, 7) is 7.26. The predicted molar refractivity (Wildman–Crippen MR) is 102 cm³/mol. The molecule has 0 spiro atoms. The molecule has 0 aliphatic heterocycles. The number of halogens is 3. The van der Waals surface area contributed by atoms with E-state index in [9.17, 15) is 21.6 Å². The maximum atomic E-state index is 12.9. The van der Waals surface area contributed by atoms with Gasteiger partial charge in [0.2, 0.25) is 8.32 Å². The third-order valence-corrected chi connectivity index (χ3v) is 10.9. The maximum absolute atomic E-state index is 12.9. The molecule has 0 saturated heterocycles. The standard InChI is InChI=1S/C19H25F3O3SSi/c1-5-12(2)15-11-18(27(3,4)25-26(23,24)19(20,21)22)17-10-14-8-6-7-13(14)9-16(15)17/h9-12,18H,5-8H2,1-4H3. The first kappa shape index (κ1) is 20.6. The minimum atomic E-state index is -5.62. The van der Waals surface area contributed by atoms with Gasteiger partial charge in [-0.05, 0) is 72.5 Å².